The van der Waals surface area contributed by atoms with Gasteiger partial charge in [0, 0.05) is 67.6 Å². The fraction of sp³-hybridized carbons (Fsp3) is 0.207. The number of aromatic nitrogens is 2. The van der Waals surface area contributed by atoms with E-state index < -0.39 is 17.9 Å². The molecule has 3 heterocycles. The van der Waals surface area contributed by atoms with Gasteiger partial charge in [-0.25, -0.2) is 9.18 Å². The highest BCUT2D eigenvalue weighted by atomic mass is 35.5. The lowest BCUT2D eigenvalue weighted by molar-refractivity contribution is -0.289. The number of fused-ring (bicyclic) bond motifs is 3. The van der Waals surface area contributed by atoms with Gasteiger partial charge in [0.1, 0.15) is 11.5 Å². The molecule has 6 nitrogen and oxygen atoms in total. The molecule has 0 fully saturated rings. The van der Waals surface area contributed by atoms with Gasteiger partial charge in [0.05, 0.1) is 17.1 Å². The van der Waals surface area contributed by atoms with Crippen molar-refractivity contribution in [3.63, 3.8) is 0 Å². The Hall–Kier alpha value is -4.20. The maximum Gasteiger partial charge on any atom is 0.433 e. The molecule has 0 unspecified atom stereocenters. The quantitative estimate of drug-likeness (QED) is 0.319. The van der Waals surface area contributed by atoms with Crippen LogP contribution in [-0.4, -0.2) is 33.6 Å². The highest BCUT2D eigenvalue weighted by Gasteiger charge is 2.32. The third-order valence-corrected chi connectivity index (χ3v) is 7.00. The molecule has 40 heavy (non-hydrogen) atoms. The summed E-state index contributed by atoms with van der Waals surface area (Å²) in [6.45, 7) is 1.54. The van der Waals surface area contributed by atoms with Crippen LogP contribution < -0.4 is 5.32 Å². The van der Waals surface area contributed by atoms with E-state index in [1.54, 1.807) is 36.4 Å². The number of hydrogen-bond donors (Lipinski definition) is 1. The minimum atomic E-state index is -4.58. The summed E-state index contributed by atoms with van der Waals surface area (Å²) in [4.78, 5) is 18.9. The number of carbonyl (C=O) groups excluding carboxylic acids is 1. The van der Waals surface area contributed by atoms with Crippen LogP contribution >= 0.6 is 0 Å². The van der Waals surface area contributed by atoms with Gasteiger partial charge in [0.2, 0.25) is 5.02 Å². The molecule has 2 aromatic carbocycles. The Morgan fingerprint density at radius 1 is 1.18 bits per heavy atom. The first kappa shape index (κ1) is 27.4. The summed E-state index contributed by atoms with van der Waals surface area (Å²) in [5.74, 6) is -0.385. The zero-order chi connectivity index (χ0) is 28.4. The van der Waals surface area contributed by atoms with Crippen molar-refractivity contribution in [2.75, 3.05) is 13.1 Å². The third-order valence-electron chi connectivity index (χ3n) is 6.75. The van der Waals surface area contributed by atoms with E-state index in [0.29, 0.717) is 47.7 Å². The fourth-order valence-corrected chi connectivity index (χ4v) is 5.01. The average Bonchev–Trinajstić information content (AvgIpc) is 3.25. The Kier molecular flexibility index (Phi) is 7.61. The molecular weight excluding hydrogens is 546 g/mol. The lowest BCUT2D eigenvalue weighted by atomic mass is 10.0. The molecule has 1 aliphatic rings. The molecule has 0 bridgehead atoms. The van der Waals surface area contributed by atoms with Crippen LogP contribution in [0.15, 0.2) is 60.8 Å². The second kappa shape index (κ2) is 11.1. The minimum absolute atomic E-state index is 0.116. The maximum atomic E-state index is 14.1. The number of carbonyl (C=O) groups is 1. The lowest BCUT2D eigenvalue weighted by Crippen LogP contribution is -2.34. The molecule has 0 radical (unpaired) electrons. The maximum absolute atomic E-state index is 14.1. The summed E-state index contributed by atoms with van der Waals surface area (Å²) in [5, 5.41) is 13.4. The number of alkyl halides is 3. The monoisotopic (exact) mass is 568 g/mol. The molecule has 0 aliphatic carbocycles. The predicted molar refractivity (Wildman–Crippen MR) is 138 cm³/mol. The van der Waals surface area contributed by atoms with E-state index in [-0.39, 0.29) is 17.9 Å². The standard InChI is InChI=1S/C29H22ClF4N5O/c30-21-5-4-20(24(31)14-21)2-1-10-38-11-8-26-23(17-38)22-12-18(15-35)3-6-25(22)39(26)28(40)37-16-19-7-9-36-27(13-19)29(32,33)34/h1-7,9,12-14,30H,8,10-11,16-17H2/p+1/b2-1+. The first-order valence-corrected chi connectivity index (χ1v) is 12.8. The zero-order valence-electron chi connectivity index (χ0n) is 21.0. The van der Waals surface area contributed by atoms with Crippen molar-refractivity contribution in [2.45, 2.75) is 25.7 Å². The topological polar surface area (TPSA) is 74.0 Å². The average molecular weight is 569 g/mol. The normalized spacial score (nSPS) is 13.9. The molecule has 1 N–H and O–H groups in total. The lowest BCUT2D eigenvalue weighted by Gasteiger charge is -2.27. The summed E-state index contributed by atoms with van der Waals surface area (Å²) >= 11 is 4.98. The van der Waals surface area contributed by atoms with Gasteiger partial charge < -0.3 is 5.32 Å². The van der Waals surface area contributed by atoms with Crippen molar-refractivity contribution < 1.29 is 34.0 Å². The Balaban J connectivity index is 1.38. The number of pyridine rings is 1. The smallest absolute Gasteiger partial charge is 0.333 e. The van der Waals surface area contributed by atoms with Crippen LogP contribution in [0, 0.1) is 28.7 Å². The fourth-order valence-electron chi connectivity index (χ4n) is 4.84. The molecule has 11 heteroatoms. The van der Waals surface area contributed by atoms with Crippen molar-refractivity contribution in [1.29, 1.82) is 5.26 Å². The molecule has 1 aliphatic heterocycles. The van der Waals surface area contributed by atoms with Gasteiger partial charge >= 0.3 is 12.2 Å². The number of nitrogens with zero attached hydrogens (tertiary/aromatic N) is 4. The van der Waals surface area contributed by atoms with Crippen LogP contribution in [0.25, 0.3) is 17.0 Å². The SMILES string of the molecule is N#Cc1ccc2c(c1)c1c(n2C(=O)NCc2ccnc(C(F)(F)F)c2)CCN(C/C=C/c2ccc([ClH+])cc2F)C1. The van der Waals surface area contributed by atoms with Gasteiger partial charge in [-0.1, -0.05) is 12.2 Å². The van der Waals surface area contributed by atoms with Crippen molar-refractivity contribution in [3.8, 4) is 6.07 Å². The van der Waals surface area contributed by atoms with Crippen LogP contribution in [0.4, 0.5) is 22.4 Å². The highest BCUT2D eigenvalue weighted by molar-refractivity contribution is 5.96. The summed E-state index contributed by atoms with van der Waals surface area (Å²) < 4.78 is 54.8. The molecule has 5 rings (SSSR count). The number of amides is 1. The van der Waals surface area contributed by atoms with E-state index in [9.17, 15) is 27.6 Å². The van der Waals surface area contributed by atoms with Gasteiger partial charge in [0.15, 0.2) is 11.6 Å². The Bertz CT molecular complexity index is 1670. The molecule has 4 aromatic rings. The van der Waals surface area contributed by atoms with Gasteiger partial charge in [-0.2, -0.15) is 18.4 Å². The van der Waals surface area contributed by atoms with Gasteiger partial charge in [-0.15, -0.1) is 0 Å². The van der Waals surface area contributed by atoms with E-state index >= 15 is 0 Å². The Morgan fingerprint density at radius 2 is 2.00 bits per heavy atom. The largest absolute Gasteiger partial charge is 0.433 e. The van der Waals surface area contributed by atoms with E-state index in [2.05, 4.69) is 21.3 Å². The van der Waals surface area contributed by atoms with Gasteiger partial charge in [-0.05, 0) is 47.5 Å². The molecule has 0 saturated carbocycles. The molecule has 204 valence electrons. The number of benzene rings is 2. The molecule has 0 spiro atoms. The summed E-state index contributed by atoms with van der Waals surface area (Å²) in [6.07, 6.45) is 0.571. The van der Waals surface area contributed by atoms with Crippen molar-refractivity contribution in [3.05, 3.63) is 105 Å². The number of nitrogens with one attached hydrogen (secondary N) is 1. The van der Waals surface area contributed by atoms with E-state index in [0.717, 1.165) is 28.9 Å². The molecule has 1 amide bonds. The van der Waals surface area contributed by atoms with Crippen molar-refractivity contribution in [2.24, 2.45) is 0 Å². The Labute approximate surface area is 232 Å². The molecular formula is C29H23ClF4N5O+. The van der Waals surface area contributed by atoms with E-state index in [1.165, 1.54) is 16.7 Å². The highest BCUT2D eigenvalue weighted by Crippen LogP contribution is 2.32. The number of nitriles is 1. The first-order valence-electron chi connectivity index (χ1n) is 12.4. The second-order valence-corrected chi connectivity index (χ2v) is 9.85. The third kappa shape index (κ3) is 5.71. The van der Waals surface area contributed by atoms with Gasteiger partial charge in [0.25, 0.3) is 0 Å². The van der Waals surface area contributed by atoms with E-state index in [1.807, 2.05) is 6.08 Å². The predicted octanol–water partition coefficient (Wildman–Crippen LogP) is 5.59. The van der Waals surface area contributed by atoms with Crippen LogP contribution in [0.5, 0.6) is 0 Å². The van der Waals surface area contributed by atoms with E-state index in [4.69, 9.17) is 11.6 Å². The van der Waals surface area contributed by atoms with Crippen LogP contribution in [-0.2, 0) is 25.7 Å². The molecule has 0 atom stereocenters. The van der Waals surface area contributed by atoms with Crippen molar-refractivity contribution >= 4 is 23.0 Å². The number of hydrogen-bond acceptors (Lipinski definition) is 4. The van der Waals surface area contributed by atoms with Crippen LogP contribution in [0.2, 0.25) is 5.02 Å². The van der Waals surface area contributed by atoms with Crippen LogP contribution in [0.1, 0.15) is 33.6 Å². The molecule has 0 saturated heterocycles. The number of rotatable bonds is 5. The Morgan fingerprint density at radius 3 is 2.75 bits per heavy atom. The number of halogens is 5. The minimum Gasteiger partial charge on any atom is -0.333 e. The van der Waals surface area contributed by atoms with Crippen LogP contribution in [0.3, 0.4) is 0 Å². The summed E-state index contributed by atoms with van der Waals surface area (Å²) in [6, 6.07) is 13.6. The summed E-state index contributed by atoms with van der Waals surface area (Å²) in [5.41, 5.74) is 2.41. The molecule has 2 aromatic heterocycles. The zero-order valence-corrected chi connectivity index (χ0v) is 21.8. The summed E-state index contributed by atoms with van der Waals surface area (Å²) in [7, 11) is 0. The first-order chi connectivity index (χ1) is 19.1. The van der Waals surface area contributed by atoms with Crippen molar-refractivity contribution in [1.82, 2.24) is 19.8 Å². The second-order valence-electron chi connectivity index (χ2n) is 9.38. The van der Waals surface area contributed by atoms with Gasteiger partial charge in [-0.3, -0.25) is 14.5 Å².